The standard InChI is InChI=1S/C19H32N4O/c1-20-19(23(3)15-17-11-14-24-16-17)21-12-7-8-13-22(2)18-9-5-4-6-10-18/h4-6,9-10,17H,7-8,11-16H2,1-3H3,(H,20,21). The van der Waals surface area contributed by atoms with E-state index in [0.29, 0.717) is 5.92 Å². The number of aliphatic imine (C=N–C) groups is 1. The molecule has 1 aliphatic heterocycles. The topological polar surface area (TPSA) is 40.1 Å². The van der Waals surface area contributed by atoms with Gasteiger partial charge in [-0.1, -0.05) is 18.2 Å². The first-order valence-corrected chi connectivity index (χ1v) is 8.96. The van der Waals surface area contributed by atoms with Crippen molar-refractivity contribution in [1.82, 2.24) is 10.2 Å². The molecule has 1 unspecified atom stereocenters. The highest BCUT2D eigenvalue weighted by Crippen LogP contribution is 2.13. The number of anilines is 1. The van der Waals surface area contributed by atoms with E-state index in [4.69, 9.17) is 4.74 Å². The molecule has 0 saturated carbocycles. The highest BCUT2D eigenvalue weighted by Gasteiger charge is 2.18. The van der Waals surface area contributed by atoms with Crippen molar-refractivity contribution in [3.63, 3.8) is 0 Å². The van der Waals surface area contributed by atoms with E-state index in [1.54, 1.807) is 0 Å². The zero-order chi connectivity index (χ0) is 17.2. The molecular formula is C19H32N4O. The van der Waals surface area contributed by atoms with Crippen molar-refractivity contribution in [3.8, 4) is 0 Å². The summed E-state index contributed by atoms with van der Waals surface area (Å²) in [4.78, 5) is 8.91. The number of nitrogens with zero attached hydrogens (tertiary/aromatic N) is 3. The summed E-state index contributed by atoms with van der Waals surface area (Å²) >= 11 is 0. The number of hydrogen-bond acceptors (Lipinski definition) is 3. The Hall–Kier alpha value is -1.75. The molecule has 1 fully saturated rings. The van der Waals surface area contributed by atoms with Gasteiger partial charge in [0.25, 0.3) is 0 Å². The molecule has 5 nitrogen and oxygen atoms in total. The molecule has 1 atom stereocenters. The van der Waals surface area contributed by atoms with Crippen LogP contribution in [0.4, 0.5) is 5.69 Å². The second-order valence-electron chi connectivity index (χ2n) is 6.55. The van der Waals surface area contributed by atoms with Crippen LogP contribution >= 0.6 is 0 Å². The quantitative estimate of drug-likeness (QED) is 0.451. The van der Waals surface area contributed by atoms with Gasteiger partial charge in [-0.05, 0) is 31.4 Å². The van der Waals surface area contributed by atoms with Crippen LogP contribution in [0.2, 0.25) is 0 Å². The maximum Gasteiger partial charge on any atom is 0.193 e. The van der Waals surface area contributed by atoms with Crippen molar-refractivity contribution in [2.75, 3.05) is 58.9 Å². The first-order valence-electron chi connectivity index (χ1n) is 8.96. The van der Waals surface area contributed by atoms with Crippen molar-refractivity contribution in [1.29, 1.82) is 0 Å². The molecule has 2 rings (SSSR count). The Labute approximate surface area is 146 Å². The van der Waals surface area contributed by atoms with Crippen LogP contribution in [0.25, 0.3) is 0 Å². The van der Waals surface area contributed by atoms with Crippen LogP contribution in [-0.2, 0) is 4.74 Å². The van der Waals surface area contributed by atoms with Crippen molar-refractivity contribution in [2.24, 2.45) is 10.9 Å². The maximum absolute atomic E-state index is 5.45. The van der Waals surface area contributed by atoms with Crippen molar-refractivity contribution in [2.45, 2.75) is 19.3 Å². The van der Waals surface area contributed by atoms with Crippen LogP contribution in [-0.4, -0.2) is 64.9 Å². The molecule has 0 radical (unpaired) electrons. The predicted molar refractivity (Wildman–Crippen MR) is 102 cm³/mol. The van der Waals surface area contributed by atoms with Gasteiger partial charge in [-0.25, -0.2) is 0 Å². The van der Waals surface area contributed by atoms with Gasteiger partial charge in [-0.15, -0.1) is 0 Å². The summed E-state index contributed by atoms with van der Waals surface area (Å²) in [5.41, 5.74) is 1.28. The minimum absolute atomic E-state index is 0.632. The summed E-state index contributed by atoms with van der Waals surface area (Å²) < 4.78 is 5.45. The van der Waals surface area contributed by atoms with Gasteiger partial charge in [0.1, 0.15) is 0 Å². The van der Waals surface area contributed by atoms with Crippen molar-refractivity contribution in [3.05, 3.63) is 30.3 Å². The lowest BCUT2D eigenvalue weighted by atomic mass is 10.1. The minimum atomic E-state index is 0.632. The molecule has 134 valence electrons. The average Bonchev–Trinajstić information content (AvgIpc) is 3.11. The fourth-order valence-electron chi connectivity index (χ4n) is 3.07. The van der Waals surface area contributed by atoms with E-state index in [1.807, 2.05) is 7.05 Å². The number of guanidine groups is 1. The Morgan fingerprint density at radius 1 is 1.25 bits per heavy atom. The molecule has 0 aromatic heterocycles. The van der Waals surface area contributed by atoms with Crippen molar-refractivity contribution >= 4 is 11.6 Å². The Morgan fingerprint density at radius 2 is 2.04 bits per heavy atom. The maximum atomic E-state index is 5.45. The van der Waals surface area contributed by atoms with Gasteiger partial charge >= 0.3 is 0 Å². The summed E-state index contributed by atoms with van der Waals surface area (Å²) in [6, 6.07) is 10.5. The molecule has 5 heteroatoms. The summed E-state index contributed by atoms with van der Waals surface area (Å²) in [6.07, 6.45) is 3.46. The molecule has 1 aromatic rings. The first-order chi connectivity index (χ1) is 11.7. The van der Waals surface area contributed by atoms with Crippen LogP contribution in [0, 0.1) is 5.92 Å². The van der Waals surface area contributed by atoms with E-state index in [0.717, 1.165) is 58.1 Å². The monoisotopic (exact) mass is 332 g/mol. The Kier molecular flexibility index (Phi) is 7.89. The molecule has 1 aromatic carbocycles. The number of para-hydroxylation sites is 1. The van der Waals surface area contributed by atoms with Gasteiger partial charge in [0.2, 0.25) is 0 Å². The zero-order valence-electron chi connectivity index (χ0n) is 15.4. The average molecular weight is 332 g/mol. The molecule has 1 saturated heterocycles. The third-order valence-electron chi connectivity index (χ3n) is 4.53. The Morgan fingerprint density at radius 3 is 2.71 bits per heavy atom. The third-order valence-corrected chi connectivity index (χ3v) is 4.53. The van der Waals surface area contributed by atoms with Gasteiger partial charge in [0.05, 0.1) is 6.61 Å². The fourth-order valence-corrected chi connectivity index (χ4v) is 3.07. The largest absolute Gasteiger partial charge is 0.381 e. The molecule has 1 aliphatic rings. The van der Waals surface area contributed by atoms with Crippen molar-refractivity contribution < 1.29 is 4.74 Å². The number of nitrogens with one attached hydrogen (secondary N) is 1. The van der Waals surface area contributed by atoms with Gasteiger partial charge < -0.3 is 19.9 Å². The molecule has 1 heterocycles. The van der Waals surface area contributed by atoms with E-state index < -0.39 is 0 Å². The van der Waals surface area contributed by atoms with Crippen LogP contribution in [0.3, 0.4) is 0 Å². The normalized spacial score (nSPS) is 17.8. The van der Waals surface area contributed by atoms with Gasteiger partial charge in [-0.2, -0.15) is 0 Å². The zero-order valence-corrected chi connectivity index (χ0v) is 15.4. The summed E-state index contributed by atoms with van der Waals surface area (Å²) in [5, 5.41) is 3.47. The number of ether oxygens (including phenoxy) is 1. The molecule has 24 heavy (non-hydrogen) atoms. The lowest BCUT2D eigenvalue weighted by molar-refractivity contribution is 0.181. The predicted octanol–water partition coefficient (Wildman–Crippen LogP) is 2.45. The number of hydrogen-bond donors (Lipinski definition) is 1. The van der Waals surface area contributed by atoms with Crippen LogP contribution in [0.15, 0.2) is 35.3 Å². The Balaban J connectivity index is 1.61. The second-order valence-corrected chi connectivity index (χ2v) is 6.55. The summed E-state index contributed by atoms with van der Waals surface area (Å²) in [5.74, 6) is 1.62. The van der Waals surface area contributed by atoms with E-state index in [9.17, 15) is 0 Å². The number of unbranched alkanes of at least 4 members (excludes halogenated alkanes) is 1. The summed E-state index contributed by atoms with van der Waals surface area (Å²) in [7, 11) is 6.11. The lowest BCUT2D eigenvalue weighted by Crippen LogP contribution is -2.41. The van der Waals surface area contributed by atoms with Crippen LogP contribution < -0.4 is 10.2 Å². The fraction of sp³-hybridized carbons (Fsp3) is 0.632. The molecular weight excluding hydrogens is 300 g/mol. The minimum Gasteiger partial charge on any atom is -0.381 e. The molecule has 1 N–H and O–H groups in total. The van der Waals surface area contributed by atoms with Gasteiger partial charge in [-0.3, -0.25) is 4.99 Å². The van der Waals surface area contributed by atoms with Crippen LogP contribution in [0.1, 0.15) is 19.3 Å². The third kappa shape index (κ3) is 6.04. The lowest BCUT2D eigenvalue weighted by Gasteiger charge is -2.24. The summed E-state index contributed by atoms with van der Waals surface area (Å²) in [6.45, 7) is 4.82. The highest BCUT2D eigenvalue weighted by molar-refractivity contribution is 5.79. The second kappa shape index (κ2) is 10.2. The molecule has 0 bridgehead atoms. The first kappa shape index (κ1) is 18.6. The van der Waals surface area contributed by atoms with Crippen LogP contribution in [0.5, 0.6) is 0 Å². The van der Waals surface area contributed by atoms with E-state index >= 15 is 0 Å². The van der Waals surface area contributed by atoms with Gasteiger partial charge in [0, 0.05) is 59.0 Å². The Bertz CT molecular complexity index is 485. The SMILES string of the molecule is CN=C(NCCCCN(C)c1ccccc1)N(C)CC1CCOC1. The van der Waals surface area contributed by atoms with E-state index in [-0.39, 0.29) is 0 Å². The van der Waals surface area contributed by atoms with E-state index in [2.05, 4.69) is 64.5 Å². The molecule has 0 aliphatic carbocycles. The number of rotatable bonds is 8. The molecule has 0 spiro atoms. The smallest absolute Gasteiger partial charge is 0.193 e. The molecule has 0 amide bonds. The van der Waals surface area contributed by atoms with Gasteiger partial charge in [0.15, 0.2) is 5.96 Å². The van der Waals surface area contributed by atoms with E-state index in [1.165, 1.54) is 5.69 Å². The highest BCUT2D eigenvalue weighted by atomic mass is 16.5. The number of benzene rings is 1.